The smallest absolute Gasteiger partial charge is 0.118 e. The zero-order chi connectivity index (χ0) is 14.4. The van der Waals surface area contributed by atoms with Crippen molar-refractivity contribution in [3.63, 3.8) is 0 Å². The van der Waals surface area contributed by atoms with Crippen molar-refractivity contribution in [3.05, 3.63) is 29.8 Å². The lowest BCUT2D eigenvalue weighted by Crippen LogP contribution is -2.41. The van der Waals surface area contributed by atoms with Gasteiger partial charge in [-0.05, 0) is 44.6 Å². The van der Waals surface area contributed by atoms with Crippen LogP contribution in [-0.2, 0) is 0 Å². The molecular formula is C16H28N2O. The molecule has 0 aromatic heterocycles. The zero-order valence-corrected chi connectivity index (χ0v) is 13.1. The predicted molar refractivity (Wildman–Crippen MR) is 81.7 cm³/mol. The number of ether oxygens (including phenoxy) is 1. The molecule has 0 heterocycles. The first-order valence-electron chi connectivity index (χ1n) is 7.01. The first-order valence-corrected chi connectivity index (χ1v) is 7.01. The summed E-state index contributed by atoms with van der Waals surface area (Å²) in [6.07, 6.45) is 0. The van der Waals surface area contributed by atoms with Crippen LogP contribution in [-0.4, -0.2) is 38.7 Å². The maximum absolute atomic E-state index is 5.21. The van der Waals surface area contributed by atoms with Crippen molar-refractivity contribution in [1.29, 1.82) is 0 Å². The molecule has 0 spiro atoms. The summed E-state index contributed by atoms with van der Waals surface area (Å²) in [5, 5.41) is 3.43. The van der Waals surface area contributed by atoms with Crippen LogP contribution in [0.1, 0.15) is 32.4 Å². The predicted octanol–water partition coefficient (Wildman–Crippen LogP) is 2.93. The zero-order valence-electron chi connectivity index (χ0n) is 13.1. The molecule has 0 amide bonds. The van der Waals surface area contributed by atoms with Gasteiger partial charge in [-0.2, -0.15) is 0 Å². The standard InChI is InChI=1S/C16H28N2O/c1-12(2)11-18(5)13(3)16(17-4)14-7-9-15(19-6)10-8-14/h7-10,12-13,16-17H,11H2,1-6H3. The highest BCUT2D eigenvalue weighted by atomic mass is 16.5. The Kier molecular flexibility index (Phi) is 6.32. The molecule has 3 nitrogen and oxygen atoms in total. The van der Waals surface area contributed by atoms with E-state index in [9.17, 15) is 0 Å². The maximum atomic E-state index is 5.21. The van der Waals surface area contributed by atoms with Crippen LogP contribution < -0.4 is 10.1 Å². The SMILES string of the molecule is CNC(c1ccc(OC)cc1)C(C)N(C)CC(C)C. The van der Waals surface area contributed by atoms with Gasteiger partial charge in [0.2, 0.25) is 0 Å². The first-order chi connectivity index (χ1) is 8.99. The van der Waals surface area contributed by atoms with Crippen molar-refractivity contribution in [2.75, 3.05) is 27.7 Å². The monoisotopic (exact) mass is 264 g/mol. The Bertz CT molecular complexity index is 362. The maximum Gasteiger partial charge on any atom is 0.118 e. The fourth-order valence-electron chi connectivity index (χ4n) is 2.49. The van der Waals surface area contributed by atoms with E-state index in [0.717, 1.165) is 12.3 Å². The number of methoxy groups -OCH3 is 1. The third-order valence-corrected chi connectivity index (χ3v) is 3.62. The molecule has 0 aliphatic carbocycles. The molecule has 0 aliphatic rings. The second-order valence-corrected chi connectivity index (χ2v) is 5.61. The number of benzene rings is 1. The van der Waals surface area contributed by atoms with E-state index in [1.807, 2.05) is 19.2 Å². The Labute approximate surface area is 118 Å². The number of hydrogen-bond donors (Lipinski definition) is 1. The van der Waals surface area contributed by atoms with Gasteiger partial charge in [-0.15, -0.1) is 0 Å². The van der Waals surface area contributed by atoms with Crippen molar-refractivity contribution >= 4 is 0 Å². The average molecular weight is 264 g/mol. The van der Waals surface area contributed by atoms with Crippen LogP contribution in [0.4, 0.5) is 0 Å². The molecule has 19 heavy (non-hydrogen) atoms. The van der Waals surface area contributed by atoms with Gasteiger partial charge < -0.3 is 15.0 Å². The summed E-state index contributed by atoms with van der Waals surface area (Å²) < 4.78 is 5.21. The molecular weight excluding hydrogens is 236 g/mol. The highest BCUT2D eigenvalue weighted by molar-refractivity contribution is 5.29. The van der Waals surface area contributed by atoms with E-state index < -0.39 is 0 Å². The molecule has 0 aliphatic heterocycles. The molecule has 1 N–H and O–H groups in total. The summed E-state index contributed by atoms with van der Waals surface area (Å²) in [5.74, 6) is 1.59. The van der Waals surface area contributed by atoms with E-state index in [-0.39, 0.29) is 0 Å². The van der Waals surface area contributed by atoms with Crippen LogP contribution in [0.15, 0.2) is 24.3 Å². The van der Waals surface area contributed by atoms with E-state index in [4.69, 9.17) is 4.74 Å². The van der Waals surface area contributed by atoms with Crippen LogP contribution in [0.3, 0.4) is 0 Å². The van der Waals surface area contributed by atoms with Crippen molar-refractivity contribution in [2.24, 2.45) is 5.92 Å². The van der Waals surface area contributed by atoms with Crippen LogP contribution in [0.25, 0.3) is 0 Å². The van der Waals surface area contributed by atoms with Gasteiger partial charge in [0.1, 0.15) is 5.75 Å². The van der Waals surface area contributed by atoms with Gasteiger partial charge in [-0.25, -0.2) is 0 Å². The summed E-state index contributed by atoms with van der Waals surface area (Å²) in [6.45, 7) is 7.89. The van der Waals surface area contributed by atoms with E-state index in [1.54, 1.807) is 7.11 Å². The molecule has 3 heteroatoms. The minimum absolute atomic E-state index is 0.328. The summed E-state index contributed by atoms with van der Waals surface area (Å²) >= 11 is 0. The Balaban J connectivity index is 2.80. The van der Waals surface area contributed by atoms with Crippen molar-refractivity contribution in [1.82, 2.24) is 10.2 Å². The van der Waals surface area contributed by atoms with Gasteiger partial charge in [0.25, 0.3) is 0 Å². The molecule has 0 radical (unpaired) electrons. The molecule has 108 valence electrons. The van der Waals surface area contributed by atoms with E-state index in [1.165, 1.54) is 5.56 Å². The largest absolute Gasteiger partial charge is 0.497 e. The number of rotatable bonds is 7. The summed E-state index contributed by atoms with van der Waals surface area (Å²) in [4.78, 5) is 2.41. The summed E-state index contributed by atoms with van der Waals surface area (Å²) in [5.41, 5.74) is 1.30. The Morgan fingerprint density at radius 2 is 1.74 bits per heavy atom. The minimum Gasteiger partial charge on any atom is -0.497 e. The molecule has 1 aromatic rings. The quantitative estimate of drug-likeness (QED) is 0.819. The van der Waals surface area contributed by atoms with Gasteiger partial charge in [0.05, 0.1) is 7.11 Å². The lowest BCUT2D eigenvalue weighted by atomic mass is 9.99. The fraction of sp³-hybridized carbons (Fsp3) is 0.625. The molecule has 0 bridgehead atoms. The van der Waals surface area contributed by atoms with E-state index in [2.05, 4.69) is 50.2 Å². The molecule has 1 rings (SSSR count). The molecule has 1 aromatic carbocycles. The highest BCUT2D eigenvalue weighted by Crippen LogP contribution is 2.23. The Morgan fingerprint density at radius 1 is 1.16 bits per heavy atom. The number of nitrogens with zero attached hydrogens (tertiary/aromatic N) is 1. The Hall–Kier alpha value is -1.06. The van der Waals surface area contributed by atoms with Crippen molar-refractivity contribution in [3.8, 4) is 5.75 Å². The average Bonchev–Trinajstić information content (AvgIpc) is 2.39. The normalized spacial score (nSPS) is 14.7. The molecule has 2 atom stereocenters. The molecule has 0 saturated carbocycles. The van der Waals surface area contributed by atoms with Gasteiger partial charge in [0.15, 0.2) is 0 Å². The molecule has 0 saturated heterocycles. The number of nitrogens with one attached hydrogen (secondary N) is 1. The third kappa shape index (κ3) is 4.51. The first kappa shape index (κ1) is 16.0. The van der Waals surface area contributed by atoms with Crippen LogP contribution >= 0.6 is 0 Å². The summed E-state index contributed by atoms with van der Waals surface area (Å²) in [6, 6.07) is 9.10. The Morgan fingerprint density at radius 3 is 2.16 bits per heavy atom. The summed E-state index contributed by atoms with van der Waals surface area (Å²) in [7, 11) is 5.91. The molecule has 2 unspecified atom stereocenters. The van der Waals surface area contributed by atoms with E-state index >= 15 is 0 Å². The highest BCUT2D eigenvalue weighted by Gasteiger charge is 2.21. The van der Waals surface area contributed by atoms with Gasteiger partial charge in [0, 0.05) is 18.6 Å². The third-order valence-electron chi connectivity index (χ3n) is 3.62. The lowest BCUT2D eigenvalue weighted by Gasteiger charge is -2.33. The van der Waals surface area contributed by atoms with Gasteiger partial charge in [-0.3, -0.25) is 0 Å². The number of hydrogen-bond acceptors (Lipinski definition) is 3. The van der Waals surface area contributed by atoms with Crippen LogP contribution in [0.5, 0.6) is 5.75 Å². The van der Waals surface area contributed by atoms with Crippen LogP contribution in [0, 0.1) is 5.92 Å². The second kappa shape index (κ2) is 7.51. The second-order valence-electron chi connectivity index (χ2n) is 5.61. The minimum atomic E-state index is 0.328. The number of likely N-dealkylation sites (N-methyl/N-ethyl adjacent to an activating group) is 2. The van der Waals surface area contributed by atoms with Gasteiger partial charge >= 0.3 is 0 Å². The van der Waals surface area contributed by atoms with E-state index in [0.29, 0.717) is 18.0 Å². The van der Waals surface area contributed by atoms with Gasteiger partial charge in [-0.1, -0.05) is 26.0 Å². The topological polar surface area (TPSA) is 24.5 Å². The molecule has 0 fully saturated rings. The van der Waals surface area contributed by atoms with Crippen molar-refractivity contribution < 1.29 is 4.74 Å². The fourth-order valence-corrected chi connectivity index (χ4v) is 2.49. The van der Waals surface area contributed by atoms with Crippen LogP contribution in [0.2, 0.25) is 0 Å². The van der Waals surface area contributed by atoms with Crippen molar-refractivity contribution in [2.45, 2.75) is 32.9 Å². The lowest BCUT2D eigenvalue weighted by molar-refractivity contribution is 0.192.